The van der Waals surface area contributed by atoms with Crippen LogP contribution >= 0.6 is 0 Å². The molecule has 0 fully saturated rings. The third-order valence-corrected chi connectivity index (χ3v) is 2.61. The molecule has 1 amide bonds. The molecule has 1 aromatic carbocycles. The van der Waals surface area contributed by atoms with Gasteiger partial charge in [0.2, 0.25) is 5.91 Å². The maximum atomic E-state index is 11.1. The molecule has 4 heteroatoms. The molecule has 4 nitrogen and oxygen atoms in total. The Kier molecular flexibility index (Phi) is 3.22. The molecule has 0 saturated heterocycles. The van der Waals surface area contributed by atoms with E-state index in [2.05, 4.69) is 5.32 Å². The normalized spacial score (nSPS) is 17.2. The first-order valence-electron chi connectivity index (χ1n) is 5.84. The summed E-state index contributed by atoms with van der Waals surface area (Å²) in [6.45, 7) is 6.00. The second-order valence-electron chi connectivity index (χ2n) is 4.20. The molecule has 0 spiro atoms. The molecule has 0 unspecified atom stereocenters. The summed E-state index contributed by atoms with van der Waals surface area (Å²) in [5.74, 6) is 1.43. The van der Waals surface area contributed by atoms with Crippen molar-refractivity contribution in [2.75, 3.05) is 11.9 Å². The molecular weight excluding hydrogens is 218 g/mol. The average Bonchev–Trinajstić information content (AvgIpc) is 2.57. The Labute approximate surface area is 101 Å². The summed E-state index contributed by atoms with van der Waals surface area (Å²) in [6, 6.07) is 3.79. The molecule has 1 heterocycles. The van der Waals surface area contributed by atoms with Gasteiger partial charge >= 0.3 is 0 Å². The topological polar surface area (TPSA) is 47.6 Å². The van der Waals surface area contributed by atoms with E-state index in [4.69, 9.17) is 9.47 Å². The monoisotopic (exact) mass is 235 g/mol. The van der Waals surface area contributed by atoms with E-state index in [9.17, 15) is 4.79 Å². The highest BCUT2D eigenvalue weighted by atomic mass is 16.5. The summed E-state index contributed by atoms with van der Waals surface area (Å²) in [7, 11) is 0. The first-order chi connectivity index (χ1) is 8.10. The molecule has 1 aliphatic rings. The number of amides is 1. The van der Waals surface area contributed by atoms with Crippen LogP contribution in [0.1, 0.15) is 26.3 Å². The predicted octanol–water partition coefficient (Wildman–Crippen LogP) is 2.37. The van der Waals surface area contributed by atoms with E-state index >= 15 is 0 Å². The fourth-order valence-corrected chi connectivity index (χ4v) is 2.00. The number of anilines is 1. The van der Waals surface area contributed by atoms with E-state index in [1.165, 1.54) is 6.92 Å². The second-order valence-corrected chi connectivity index (χ2v) is 4.20. The average molecular weight is 235 g/mol. The highest BCUT2D eigenvalue weighted by Crippen LogP contribution is 2.37. The lowest BCUT2D eigenvalue weighted by Crippen LogP contribution is -2.08. The molecule has 0 saturated carbocycles. The number of fused-ring (bicyclic) bond motifs is 1. The van der Waals surface area contributed by atoms with Crippen molar-refractivity contribution < 1.29 is 14.3 Å². The van der Waals surface area contributed by atoms with E-state index in [0.29, 0.717) is 18.0 Å². The highest BCUT2D eigenvalue weighted by Gasteiger charge is 2.22. The summed E-state index contributed by atoms with van der Waals surface area (Å²) >= 11 is 0. The van der Waals surface area contributed by atoms with Crippen molar-refractivity contribution in [2.45, 2.75) is 33.3 Å². The number of rotatable bonds is 3. The number of carbonyl (C=O) groups excluding carboxylic acids is 1. The first-order valence-corrected chi connectivity index (χ1v) is 5.84. The van der Waals surface area contributed by atoms with E-state index in [-0.39, 0.29) is 12.0 Å². The van der Waals surface area contributed by atoms with Crippen LogP contribution < -0.4 is 14.8 Å². The van der Waals surface area contributed by atoms with Gasteiger partial charge in [-0.3, -0.25) is 4.79 Å². The highest BCUT2D eigenvalue weighted by molar-refractivity contribution is 5.91. The fraction of sp³-hybridized carbons (Fsp3) is 0.462. The van der Waals surface area contributed by atoms with Crippen LogP contribution in [0.15, 0.2) is 12.1 Å². The van der Waals surface area contributed by atoms with Gasteiger partial charge in [0.05, 0.1) is 12.3 Å². The summed E-state index contributed by atoms with van der Waals surface area (Å²) in [5, 5.41) is 2.76. The second kappa shape index (κ2) is 4.65. The molecule has 1 atom stereocenters. The Balaban J connectivity index is 2.36. The fourth-order valence-electron chi connectivity index (χ4n) is 2.00. The Morgan fingerprint density at radius 2 is 2.35 bits per heavy atom. The summed E-state index contributed by atoms with van der Waals surface area (Å²) in [5.41, 5.74) is 1.81. The van der Waals surface area contributed by atoms with Gasteiger partial charge in [0.15, 0.2) is 0 Å². The van der Waals surface area contributed by atoms with Gasteiger partial charge in [0.25, 0.3) is 0 Å². The zero-order valence-electron chi connectivity index (χ0n) is 10.4. The van der Waals surface area contributed by atoms with Crippen molar-refractivity contribution in [3.63, 3.8) is 0 Å². The minimum atomic E-state index is -0.114. The van der Waals surface area contributed by atoms with E-state index in [1.54, 1.807) is 0 Å². The van der Waals surface area contributed by atoms with Crippen molar-refractivity contribution in [3.05, 3.63) is 17.7 Å². The Morgan fingerprint density at radius 1 is 1.59 bits per heavy atom. The lowest BCUT2D eigenvalue weighted by atomic mass is 10.1. The van der Waals surface area contributed by atoms with Gasteiger partial charge < -0.3 is 14.8 Å². The van der Waals surface area contributed by atoms with Crippen molar-refractivity contribution in [1.29, 1.82) is 0 Å². The third kappa shape index (κ3) is 2.52. The minimum Gasteiger partial charge on any atom is -0.492 e. The van der Waals surface area contributed by atoms with E-state index in [0.717, 1.165) is 17.7 Å². The van der Waals surface area contributed by atoms with Crippen molar-refractivity contribution >= 4 is 11.6 Å². The summed E-state index contributed by atoms with van der Waals surface area (Å²) in [4.78, 5) is 11.1. The van der Waals surface area contributed by atoms with Crippen LogP contribution in [0.5, 0.6) is 11.5 Å². The molecule has 0 bridgehead atoms. The maximum absolute atomic E-state index is 11.1. The van der Waals surface area contributed by atoms with Crippen LogP contribution in [-0.4, -0.2) is 18.6 Å². The maximum Gasteiger partial charge on any atom is 0.221 e. The number of hydrogen-bond donors (Lipinski definition) is 1. The molecular formula is C13H17NO3. The number of ether oxygens (including phenoxy) is 2. The van der Waals surface area contributed by atoms with Crippen LogP contribution in [-0.2, 0) is 11.2 Å². The van der Waals surface area contributed by atoms with Crippen LogP contribution in [0, 0.1) is 0 Å². The van der Waals surface area contributed by atoms with Crippen LogP contribution in [0.4, 0.5) is 5.69 Å². The van der Waals surface area contributed by atoms with Crippen molar-refractivity contribution in [1.82, 2.24) is 0 Å². The number of hydrogen-bond acceptors (Lipinski definition) is 3. The molecule has 0 radical (unpaired) electrons. The molecule has 1 N–H and O–H groups in total. The van der Waals surface area contributed by atoms with Gasteiger partial charge in [0, 0.05) is 25.0 Å². The van der Waals surface area contributed by atoms with E-state index in [1.807, 2.05) is 26.0 Å². The SMILES string of the molecule is CCOc1cc2c(cc1NC(C)=O)O[C@@H](C)C2. The predicted molar refractivity (Wildman–Crippen MR) is 65.7 cm³/mol. The lowest BCUT2D eigenvalue weighted by molar-refractivity contribution is -0.114. The van der Waals surface area contributed by atoms with Gasteiger partial charge in [-0.1, -0.05) is 0 Å². The smallest absolute Gasteiger partial charge is 0.221 e. The van der Waals surface area contributed by atoms with E-state index < -0.39 is 0 Å². The standard InChI is InChI=1S/C13H17NO3/c1-4-16-13-6-10-5-8(2)17-12(10)7-11(13)14-9(3)15/h6-8H,4-5H2,1-3H3,(H,14,15)/t8-/m0/s1. The summed E-state index contributed by atoms with van der Waals surface area (Å²) < 4.78 is 11.2. The molecule has 92 valence electrons. The van der Waals surface area contributed by atoms with Gasteiger partial charge in [-0.2, -0.15) is 0 Å². The van der Waals surface area contributed by atoms with Crippen LogP contribution in [0.2, 0.25) is 0 Å². The largest absolute Gasteiger partial charge is 0.492 e. The Hall–Kier alpha value is -1.71. The number of nitrogens with one attached hydrogen (secondary N) is 1. The number of benzene rings is 1. The molecule has 17 heavy (non-hydrogen) atoms. The minimum absolute atomic E-state index is 0.114. The molecule has 1 aromatic rings. The van der Waals surface area contributed by atoms with Crippen molar-refractivity contribution in [2.24, 2.45) is 0 Å². The molecule has 2 rings (SSSR count). The summed E-state index contributed by atoms with van der Waals surface area (Å²) in [6.07, 6.45) is 1.07. The molecule has 0 aliphatic carbocycles. The van der Waals surface area contributed by atoms with Gasteiger partial charge in [0.1, 0.15) is 17.6 Å². The molecule has 1 aliphatic heterocycles. The quantitative estimate of drug-likeness (QED) is 0.875. The van der Waals surface area contributed by atoms with Gasteiger partial charge in [-0.25, -0.2) is 0 Å². The van der Waals surface area contributed by atoms with Crippen molar-refractivity contribution in [3.8, 4) is 11.5 Å². The zero-order valence-corrected chi connectivity index (χ0v) is 10.4. The van der Waals surface area contributed by atoms with Gasteiger partial charge in [-0.15, -0.1) is 0 Å². The van der Waals surface area contributed by atoms with Gasteiger partial charge in [-0.05, 0) is 19.9 Å². The Morgan fingerprint density at radius 3 is 3.00 bits per heavy atom. The van der Waals surface area contributed by atoms with Crippen LogP contribution in [0.3, 0.4) is 0 Å². The van der Waals surface area contributed by atoms with Crippen LogP contribution in [0.25, 0.3) is 0 Å². The third-order valence-electron chi connectivity index (χ3n) is 2.61. The molecule has 0 aromatic heterocycles. The zero-order chi connectivity index (χ0) is 12.4. The Bertz CT molecular complexity index is 443. The first kappa shape index (κ1) is 11.8. The lowest BCUT2D eigenvalue weighted by Gasteiger charge is -2.12. The number of carbonyl (C=O) groups is 1.